The summed E-state index contributed by atoms with van der Waals surface area (Å²) in [5.74, 6) is 1.60. The Balaban J connectivity index is 1.44. The van der Waals surface area contributed by atoms with Gasteiger partial charge in [0.15, 0.2) is 23.0 Å². The third kappa shape index (κ3) is 3.88. The molecule has 2 aromatic heterocycles. The molecule has 28 heavy (non-hydrogen) atoms. The summed E-state index contributed by atoms with van der Waals surface area (Å²) in [6, 6.07) is 11.3. The van der Waals surface area contributed by atoms with Crippen LogP contribution in [0.1, 0.15) is 21.4 Å². The van der Waals surface area contributed by atoms with E-state index in [4.69, 9.17) is 14.0 Å². The van der Waals surface area contributed by atoms with Crippen LogP contribution in [0.3, 0.4) is 0 Å². The minimum atomic E-state index is -0.268. The van der Waals surface area contributed by atoms with E-state index in [0.717, 1.165) is 5.56 Å². The highest BCUT2D eigenvalue weighted by molar-refractivity contribution is 7.10. The lowest BCUT2D eigenvalue weighted by atomic mass is 10.1. The van der Waals surface area contributed by atoms with Gasteiger partial charge in [-0.15, -0.1) is 11.3 Å². The van der Waals surface area contributed by atoms with Gasteiger partial charge in [-0.2, -0.15) is 0 Å². The fraction of sp³-hybridized carbons (Fsp3) is 0.300. The number of carbonyl (C=O) groups excluding carboxylic acids is 1. The molecule has 0 bridgehead atoms. The zero-order valence-corrected chi connectivity index (χ0v) is 16.5. The van der Waals surface area contributed by atoms with Gasteiger partial charge in [0.05, 0.1) is 6.04 Å². The molecule has 1 unspecified atom stereocenters. The first-order valence-electron chi connectivity index (χ1n) is 8.96. The van der Waals surface area contributed by atoms with Crippen LogP contribution in [0.5, 0.6) is 11.5 Å². The number of amides is 1. The number of nitrogens with zero attached hydrogens (tertiary/aromatic N) is 2. The van der Waals surface area contributed by atoms with Crippen LogP contribution >= 0.6 is 11.3 Å². The topological polar surface area (TPSA) is 76.8 Å². The number of ether oxygens (including phenoxy) is 2. The number of thiophene rings is 1. The van der Waals surface area contributed by atoms with Crippen molar-refractivity contribution in [1.82, 2.24) is 15.4 Å². The number of aromatic nitrogens is 1. The smallest absolute Gasteiger partial charge is 0.273 e. The molecule has 0 spiro atoms. The second-order valence-corrected chi connectivity index (χ2v) is 7.62. The first kappa shape index (κ1) is 18.5. The minimum Gasteiger partial charge on any atom is -0.486 e. The van der Waals surface area contributed by atoms with Crippen molar-refractivity contribution in [2.75, 3.05) is 33.9 Å². The third-order valence-corrected chi connectivity index (χ3v) is 5.49. The van der Waals surface area contributed by atoms with Crippen LogP contribution in [-0.4, -0.2) is 49.8 Å². The lowest BCUT2D eigenvalue weighted by Crippen LogP contribution is -2.34. The summed E-state index contributed by atoms with van der Waals surface area (Å²) in [6.45, 7) is 1.54. The van der Waals surface area contributed by atoms with E-state index in [1.54, 1.807) is 17.4 Å². The molecule has 4 rings (SSSR count). The third-order valence-electron chi connectivity index (χ3n) is 4.52. The van der Waals surface area contributed by atoms with E-state index in [1.165, 1.54) is 4.88 Å². The zero-order valence-electron chi connectivity index (χ0n) is 15.7. The van der Waals surface area contributed by atoms with E-state index in [9.17, 15) is 4.79 Å². The molecule has 0 fully saturated rings. The highest BCUT2D eigenvalue weighted by Crippen LogP contribution is 2.34. The van der Waals surface area contributed by atoms with Crippen molar-refractivity contribution in [2.45, 2.75) is 6.04 Å². The fourth-order valence-corrected chi connectivity index (χ4v) is 3.94. The number of hydrogen-bond acceptors (Lipinski definition) is 7. The number of carbonyl (C=O) groups is 1. The van der Waals surface area contributed by atoms with Gasteiger partial charge in [0.1, 0.15) is 13.2 Å². The molecule has 1 aromatic carbocycles. The van der Waals surface area contributed by atoms with Gasteiger partial charge in [0, 0.05) is 23.1 Å². The Morgan fingerprint density at radius 3 is 2.79 bits per heavy atom. The molecule has 0 radical (unpaired) electrons. The quantitative estimate of drug-likeness (QED) is 0.686. The summed E-state index contributed by atoms with van der Waals surface area (Å²) in [7, 11) is 3.99. The molecule has 0 saturated carbocycles. The fourth-order valence-electron chi connectivity index (χ4n) is 3.01. The number of benzene rings is 1. The van der Waals surface area contributed by atoms with Gasteiger partial charge in [0.2, 0.25) is 0 Å². The van der Waals surface area contributed by atoms with Crippen LogP contribution in [-0.2, 0) is 0 Å². The van der Waals surface area contributed by atoms with Crippen molar-refractivity contribution < 1.29 is 18.8 Å². The van der Waals surface area contributed by atoms with Crippen molar-refractivity contribution in [1.29, 1.82) is 0 Å². The minimum absolute atomic E-state index is 0.105. The number of nitrogens with one attached hydrogen (secondary N) is 1. The Bertz CT molecular complexity index is 952. The average molecular weight is 399 g/mol. The van der Waals surface area contributed by atoms with Gasteiger partial charge in [-0.3, -0.25) is 4.79 Å². The summed E-state index contributed by atoms with van der Waals surface area (Å²) in [6.07, 6.45) is 0. The number of likely N-dealkylation sites (N-methyl/N-ethyl adjacent to an activating group) is 1. The number of hydrogen-bond donors (Lipinski definition) is 1. The SMILES string of the molecule is CN(C)C(CNC(=O)c1cc(-c2ccc3c(c2)OCCO3)on1)c1cccs1. The second-order valence-electron chi connectivity index (χ2n) is 6.64. The molecular formula is C20H21N3O4S. The normalized spacial score (nSPS) is 14.1. The zero-order chi connectivity index (χ0) is 19.5. The molecule has 1 aliphatic heterocycles. The van der Waals surface area contributed by atoms with Crippen molar-refractivity contribution in [2.24, 2.45) is 0 Å². The summed E-state index contributed by atoms with van der Waals surface area (Å²) in [4.78, 5) is 15.8. The van der Waals surface area contributed by atoms with Crippen LogP contribution in [0.15, 0.2) is 46.3 Å². The largest absolute Gasteiger partial charge is 0.486 e. The Morgan fingerprint density at radius 2 is 2.04 bits per heavy atom. The van der Waals surface area contributed by atoms with Gasteiger partial charge in [-0.25, -0.2) is 0 Å². The molecule has 3 heterocycles. The van der Waals surface area contributed by atoms with E-state index in [-0.39, 0.29) is 17.6 Å². The Morgan fingerprint density at radius 1 is 1.21 bits per heavy atom. The van der Waals surface area contributed by atoms with Gasteiger partial charge in [-0.05, 0) is 43.7 Å². The maximum absolute atomic E-state index is 12.5. The molecule has 0 saturated heterocycles. The molecule has 0 aliphatic carbocycles. The van der Waals surface area contributed by atoms with Crippen LogP contribution in [0, 0.1) is 0 Å². The highest BCUT2D eigenvalue weighted by Gasteiger charge is 2.20. The maximum atomic E-state index is 12.5. The first-order chi connectivity index (χ1) is 13.6. The average Bonchev–Trinajstić information content (AvgIpc) is 3.40. The van der Waals surface area contributed by atoms with Crippen LogP contribution < -0.4 is 14.8 Å². The summed E-state index contributed by atoms with van der Waals surface area (Å²) in [5, 5.41) is 8.89. The molecule has 1 N–H and O–H groups in total. The summed E-state index contributed by atoms with van der Waals surface area (Å²) in [5.41, 5.74) is 1.02. The predicted molar refractivity (Wildman–Crippen MR) is 106 cm³/mol. The van der Waals surface area contributed by atoms with Crippen molar-refractivity contribution in [3.8, 4) is 22.8 Å². The maximum Gasteiger partial charge on any atom is 0.273 e. The molecule has 1 atom stereocenters. The Labute approximate surface area is 166 Å². The lowest BCUT2D eigenvalue weighted by molar-refractivity contribution is 0.0933. The van der Waals surface area contributed by atoms with Gasteiger partial charge in [-0.1, -0.05) is 11.2 Å². The molecule has 8 heteroatoms. The van der Waals surface area contributed by atoms with Crippen molar-refractivity contribution in [3.05, 3.63) is 52.3 Å². The van der Waals surface area contributed by atoms with E-state index in [0.29, 0.717) is 37.0 Å². The molecule has 3 aromatic rings. The molecule has 7 nitrogen and oxygen atoms in total. The first-order valence-corrected chi connectivity index (χ1v) is 9.84. The standard InChI is InChI=1S/C20H21N3O4S/c1-23(2)15(19-4-3-9-28-19)12-21-20(24)14-11-17(27-22-14)13-5-6-16-18(10-13)26-8-7-25-16/h3-6,9-11,15H,7-8,12H2,1-2H3,(H,21,24). The van der Waals surface area contributed by atoms with Gasteiger partial charge in [0.25, 0.3) is 5.91 Å². The van der Waals surface area contributed by atoms with Crippen LogP contribution in [0.4, 0.5) is 0 Å². The Hall–Kier alpha value is -2.84. The number of fused-ring (bicyclic) bond motifs is 1. The second kappa shape index (κ2) is 8.04. The molecule has 1 amide bonds. The lowest BCUT2D eigenvalue weighted by Gasteiger charge is -2.23. The van der Waals surface area contributed by atoms with E-state index < -0.39 is 0 Å². The number of rotatable bonds is 6. The summed E-state index contributed by atoms with van der Waals surface area (Å²) < 4.78 is 16.5. The molecule has 1 aliphatic rings. The molecule has 146 valence electrons. The highest BCUT2D eigenvalue weighted by atomic mass is 32.1. The van der Waals surface area contributed by atoms with Crippen LogP contribution in [0.2, 0.25) is 0 Å². The van der Waals surface area contributed by atoms with E-state index >= 15 is 0 Å². The molecular weight excluding hydrogens is 378 g/mol. The van der Waals surface area contributed by atoms with E-state index in [2.05, 4.69) is 21.4 Å². The summed E-state index contributed by atoms with van der Waals surface area (Å²) >= 11 is 1.67. The predicted octanol–water partition coefficient (Wildman–Crippen LogP) is 3.21. The van der Waals surface area contributed by atoms with Gasteiger partial charge >= 0.3 is 0 Å². The van der Waals surface area contributed by atoms with Gasteiger partial charge < -0.3 is 24.2 Å². The Kier molecular flexibility index (Phi) is 5.31. The van der Waals surface area contributed by atoms with Crippen LogP contribution in [0.25, 0.3) is 11.3 Å². The van der Waals surface area contributed by atoms with Crippen molar-refractivity contribution >= 4 is 17.2 Å². The monoisotopic (exact) mass is 399 g/mol. The van der Waals surface area contributed by atoms with Crippen molar-refractivity contribution in [3.63, 3.8) is 0 Å². The van der Waals surface area contributed by atoms with E-state index in [1.807, 2.05) is 43.7 Å².